The lowest BCUT2D eigenvalue weighted by Crippen LogP contribution is -1.93. The zero-order valence-electron chi connectivity index (χ0n) is 4.64. The minimum Gasteiger partial charge on any atom is -0.402 e. The minimum atomic E-state index is -0.871. The predicted octanol–water partition coefficient (Wildman–Crippen LogP) is 3.14. The molecule has 0 aromatic carbocycles. The highest BCUT2D eigenvalue weighted by molar-refractivity contribution is 7.12. The van der Waals surface area contributed by atoms with Crippen LogP contribution in [-0.2, 0) is 0 Å². The van der Waals surface area contributed by atoms with Gasteiger partial charge < -0.3 is 4.74 Å². The van der Waals surface area contributed by atoms with Gasteiger partial charge in [-0.3, -0.25) is 0 Å². The smallest absolute Gasteiger partial charge is 0.402 e. The van der Waals surface area contributed by atoms with E-state index in [0.29, 0.717) is 10.1 Å². The highest BCUT2D eigenvalue weighted by atomic mass is 35.5. The molecule has 5 heteroatoms. The van der Waals surface area contributed by atoms with Crippen molar-refractivity contribution in [1.82, 2.24) is 0 Å². The Morgan fingerprint density at radius 3 is 2.80 bits per heavy atom. The third kappa shape index (κ3) is 1.87. The van der Waals surface area contributed by atoms with Crippen molar-refractivity contribution in [3.63, 3.8) is 0 Å². The van der Waals surface area contributed by atoms with Crippen LogP contribution in [0.3, 0.4) is 0 Å². The number of carbonyl (C=O) groups is 1. The second-order valence-corrected chi connectivity index (χ2v) is 2.99. The van der Waals surface area contributed by atoms with Gasteiger partial charge in [-0.25, -0.2) is 4.79 Å². The fraction of sp³-hybridized carbons (Fsp3) is 0. The number of ether oxygens (including phenoxy) is 1. The molecule has 0 unspecified atom stereocenters. The van der Waals surface area contributed by atoms with Crippen molar-refractivity contribution in [2.24, 2.45) is 0 Å². The molecule has 0 amide bonds. The normalized spacial score (nSPS) is 9.40. The molecule has 1 aromatic rings. The average molecular weight is 197 g/mol. The summed E-state index contributed by atoms with van der Waals surface area (Å²) in [5, 5.41) is 2.44. The molecule has 0 fully saturated rings. The van der Waals surface area contributed by atoms with Crippen molar-refractivity contribution in [2.75, 3.05) is 0 Å². The van der Waals surface area contributed by atoms with Crippen LogP contribution in [-0.4, -0.2) is 5.43 Å². The first-order valence-electron chi connectivity index (χ1n) is 2.30. The Hall–Kier alpha value is -0.250. The maximum Gasteiger partial charge on any atom is 0.410 e. The zero-order chi connectivity index (χ0) is 7.56. The highest BCUT2D eigenvalue weighted by Crippen LogP contribution is 2.30. The maximum absolute atomic E-state index is 10.2. The maximum atomic E-state index is 10.2. The van der Waals surface area contributed by atoms with Gasteiger partial charge in [0.25, 0.3) is 0 Å². The molecule has 0 bridgehead atoms. The summed E-state index contributed by atoms with van der Waals surface area (Å²) >= 11 is 11.7. The monoisotopic (exact) mass is 196 g/mol. The molecular formula is C5H2Cl2O2S. The lowest BCUT2D eigenvalue weighted by Gasteiger charge is -1.92. The molecule has 0 aliphatic carbocycles. The van der Waals surface area contributed by atoms with E-state index in [1.807, 2.05) is 0 Å². The van der Waals surface area contributed by atoms with Crippen LogP contribution in [0.15, 0.2) is 11.4 Å². The van der Waals surface area contributed by atoms with Gasteiger partial charge in [0.05, 0.1) is 5.02 Å². The molecular weight excluding hydrogens is 195 g/mol. The molecule has 0 saturated heterocycles. The van der Waals surface area contributed by atoms with Gasteiger partial charge in [-0.15, -0.1) is 11.3 Å². The van der Waals surface area contributed by atoms with E-state index in [2.05, 4.69) is 4.74 Å². The van der Waals surface area contributed by atoms with E-state index >= 15 is 0 Å². The van der Waals surface area contributed by atoms with E-state index in [4.69, 9.17) is 23.2 Å². The van der Waals surface area contributed by atoms with Crippen molar-refractivity contribution < 1.29 is 9.53 Å². The van der Waals surface area contributed by atoms with Crippen molar-refractivity contribution in [3.05, 3.63) is 16.5 Å². The predicted molar refractivity (Wildman–Crippen MR) is 41.2 cm³/mol. The van der Waals surface area contributed by atoms with Gasteiger partial charge in [0.2, 0.25) is 5.06 Å². The standard InChI is InChI=1S/C5H2Cl2O2S/c6-3-1-2-10-4(3)9-5(7)8/h1-2H. The molecule has 0 N–H and O–H groups in total. The number of carbonyl (C=O) groups excluding carboxylic acids is 1. The SMILES string of the molecule is O=C(Cl)Oc1sccc1Cl. The molecule has 0 radical (unpaired) electrons. The summed E-state index contributed by atoms with van der Waals surface area (Å²) in [5.74, 6) is 0. The minimum absolute atomic E-state index is 0.335. The van der Waals surface area contributed by atoms with Gasteiger partial charge in [-0.05, 0) is 11.4 Å². The van der Waals surface area contributed by atoms with Crippen molar-refractivity contribution >= 4 is 40.0 Å². The van der Waals surface area contributed by atoms with Crippen LogP contribution in [0, 0.1) is 0 Å². The summed E-state index contributed by atoms with van der Waals surface area (Å²) in [4.78, 5) is 10.2. The van der Waals surface area contributed by atoms with E-state index in [1.54, 1.807) is 11.4 Å². The fourth-order valence-electron chi connectivity index (χ4n) is 0.426. The fourth-order valence-corrected chi connectivity index (χ4v) is 1.49. The third-order valence-electron chi connectivity index (χ3n) is 0.757. The molecule has 10 heavy (non-hydrogen) atoms. The molecule has 0 spiro atoms. The molecule has 1 rings (SSSR count). The Kier molecular flexibility index (Phi) is 2.54. The first-order valence-corrected chi connectivity index (χ1v) is 3.94. The highest BCUT2D eigenvalue weighted by Gasteiger charge is 2.05. The van der Waals surface area contributed by atoms with Gasteiger partial charge in [-0.2, -0.15) is 0 Å². The Bertz CT molecular complexity index is 246. The van der Waals surface area contributed by atoms with Crippen molar-refractivity contribution in [2.45, 2.75) is 0 Å². The summed E-state index contributed by atoms with van der Waals surface area (Å²) in [5.41, 5.74) is -0.871. The topological polar surface area (TPSA) is 26.3 Å². The van der Waals surface area contributed by atoms with E-state index in [9.17, 15) is 4.79 Å². The Morgan fingerprint density at radius 2 is 2.40 bits per heavy atom. The van der Waals surface area contributed by atoms with E-state index < -0.39 is 5.43 Å². The van der Waals surface area contributed by atoms with Crippen LogP contribution in [0.4, 0.5) is 4.79 Å². The third-order valence-corrected chi connectivity index (χ3v) is 2.03. The van der Waals surface area contributed by atoms with Crippen LogP contribution in [0.5, 0.6) is 5.06 Å². The molecule has 0 aliphatic rings. The van der Waals surface area contributed by atoms with Crippen LogP contribution >= 0.6 is 34.5 Å². The summed E-state index contributed by atoms with van der Waals surface area (Å²) < 4.78 is 4.50. The molecule has 0 atom stereocenters. The quantitative estimate of drug-likeness (QED) is 0.646. The summed E-state index contributed by atoms with van der Waals surface area (Å²) in [7, 11) is 0. The van der Waals surface area contributed by atoms with Gasteiger partial charge in [0.15, 0.2) is 0 Å². The molecule has 0 saturated carbocycles. The second kappa shape index (κ2) is 3.23. The lowest BCUT2D eigenvalue weighted by atomic mass is 10.6. The largest absolute Gasteiger partial charge is 0.410 e. The number of hydrogen-bond acceptors (Lipinski definition) is 3. The van der Waals surface area contributed by atoms with E-state index in [-0.39, 0.29) is 0 Å². The van der Waals surface area contributed by atoms with Crippen molar-refractivity contribution in [3.8, 4) is 5.06 Å². The number of hydrogen-bond donors (Lipinski definition) is 0. The molecule has 1 heterocycles. The first kappa shape index (κ1) is 7.85. The molecule has 1 aromatic heterocycles. The van der Waals surface area contributed by atoms with Gasteiger partial charge >= 0.3 is 5.43 Å². The summed E-state index contributed by atoms with van der Waals surface area (Å²) in [6, 6.07) is 1.63. The van der Waals surface area contributed by atoms with Gasteiger partial charge in [0, 0.05) is 11.6 Å². The van der Waals surface area contributed by atoms with Crippen LogP contribution in [0.25, 0.3) is 0 Å². The number of rotatable bonds is 1. The molecule has 2 nitrogen and oxygen atoms in total. The lowest BCUT2D eigenvalue weighted by molar-refractivity contribution is 0.227. The van der Waals surface area contributed by atoms with E-state index in [0.717, 1.165) is 0 Å². The number of halogens is 2. The molecule has 0 aliphatic heterocycles. The first-order chi connectivity index (χ1) is 4.70. The van der Waals surface area contributed by atoms with Crippen molar-refractivity contribution in [1.29, 1.82) is 0 Å². The van der Waals surface area contributed by atoms with Gasteiger partial charge in [0.1, 0.15) is 0 Å². The summed E-state index contributed by atoms with van der Waals surface area (Å²) in [6.45, 7) is 0. The zero-order valence-corrected chi connectivity index (χ0v) is 6.96. The van der Waals surface area contributed by atoms with Crippen LogP contribution < -0.4 is 4.74 Å². The Morgan fingerprint density at radius 1 is 1.70 bits per heavy atom. The number of thiophene rings is 1. The second-order valence-electron chi connectivity index (χ2n) is 1.40. The van der Waals surface area contributed by atoms with Gasteiger partial charge in [-0.1, -0.05) is 11.6 Å². The molecule has 54 valence electrons. The Balaban J connectivity index is 2.74. The Labute approximate surface area is 71.3 Å². The summed E-state index contributed by atoms with van der Waals surface area (Å²) in [6.07, 6.45) is 0. The average Bonchev–Trinajstić information content (AvgIpc) is 2.15. The van der Waals surface area contributed by atoms with Crippen LogP contribution in [0.1, 0.15) is 0 Å². The van der Waals surface area contributed by atoms with E-state index in [1.165, 1.54) is 11.3 Å². The van der Waals surface area contributed by atoms with Crippen LogP contribution in [0.2, 0.25) is 5.02 Å².